The fraction of sp³-hybridized carbons (Fsp3) is 0.500. The summed E-state index contributed by atoms with van der Waals surface area (Å²) in [6.45, 7) is 0. The van der Waals surface area contributed by atoms with Crippen molar-refractivity contribution in [1.82, 2.24) is 20.6 Å². The highest BCUT2D eigenvalue weighted by Crippen LogP contribution is 2.10. The van der Waals surface area contributed by atoms with Crippen molar-refractivity contribution in [2.24, 2.45) is 5.14 Å². The van der Waals surface area contributed by atoms with Crippen LogP contribution in [0.3, 0.4) is 0 Å². The van der Waals surface area contributed by atoms with E-state index >= 15 is 0 Å². The van der Waals surface area contributed by atoms with E-state index in [2.05, 4.69) is 20.6 Å². The largest absolute Gasteiger partial charge is 0.234 e. The van der Waals surface area contributed by atoms with Gasteiger partial charge in [-0.15, -0.1) is 5.10 Å². The van der Waals surface area contributed by atoms with Gasteiger partial charge in [0, 0.05) is 0 Å². The zero-order valence-electron chi connectivity index (χ0n) is 5.26. The minimum absolute atomic E-state index is 0.232. The van der Waals surface area contributed by atoms with Gasteiger partial charge in [-0.1, -0.05) is 11.8 Å². The zero-order chi connectivity index (χ0) is 8.32. The van der Waals surface area contributed by atoms with E-state index in [9.17, 15) is 8.42 Å². The molecule has 3 N–H and O–H groups in total. The molecule has 1 rings (SSSR count). The summed E-state index contributed by atoms with van der Waals surface area (Å²) in [4.78, 5) is 0. The molecule has 0 aliphatic carbocycles. The summed E-state index contributed by atoms with van der Waals surface area (Å²) in [5.74, 6) is 0. The Morgan fingerprint density at radius 2 is 2.36 bits per heavy atom. The van der Waals surface area contributed by atoms with Gasteiger partial charge < -0.3 is 0 Å². The van der Waals surface area contributed by atoms with Gasteiger partial charge in [0.25, 0.3) is 0 Å². The maximum Gasteiger partial charge on any atom is 0.218 e. The number of aromatic nitrogens is 4. The molecule has 0 fully saturated rings. The number of nitrogens with zero attached hydrogens (tertiary/aromatic N) is 3. The van der Waals surface area contributed by atoms with Gasteiger partial charge in [0.1, 0.15) is 5.08 Å². The van der Waals surface area contributed by atoms with E-state index < -0.39 is 10.0 Å². The number of primary sulfonamides is 1. The third kappa shape index (κ3) is 3.30. The molecule has 0 saturated heterocycles. The second-order valence-corrected chi connectivity index (χ2v) is 4.58. The molecular formula is C2H5N5O2S2. The van der Waals surface area contributed by atoms with E-state index in [0.29, 0.717) is 5.16 Å². The first-order valence-electron chi connectivity index (χ1n) is 2.45. The Labute approximate surface area is 66.8 Å². The predicted octanol–water partition coefficient (Wildman–Crippen LogP) is -1.46. The molecule has 0 spiro atoms. The van der Waals surface area contributed by atoms with Crippen LogP contribution < -0.4 is 5.14 Å². The molecular weight excluding hydrogens is 190 g/mol. The van der Waals surface area contributed by atoms with Crippen LogP contribution >= 0.6 is 11.8 Å². The maximum absolute atomic E-state index is 10.4. The highest BCUT2D eigenvalue weighted by molar-refractivity contribution is 8.11. The molecule has 0 amide bonds. The van der Waals surface area contributed by atoms with Crippen LogP contribution in [0.2, 0.25) is 0 Å². The second-order valence-electron chi connectivity index (χ2n) is 1.63. The number of thioether (sulfide) groups is 1. The van der Waals surface area contributed by atoms with Crippen LogP contribution in [-0.2, 0) is 10.0 Å². The Balaban J connectivity index is 2.48. The zero-order valence-corrected chi connectivity index (χ0v) is 6.89. The van der Waals surface area contributed by atoms with Gasteiger partial charge in [-0.25, -0.2) is 18.7 Å². The smallest absolute Gasteiger partial charge is 0.218 e. The average Bonchev–Trinajstić information content (AvgIpc) is 2.32. The monoisotopic (exact) mass is 195 g/mol. The third-order valence-corrected chi connectivity index (χ3v) is 2.92. The molecule has 0 saturated carbocycles. The average molecular weight is 195 g/mol. The van der Waals surface area contributed by atoms with E-state index in [0.717, 1.165) is 11.8 Å². The first-order chi connectivity index (χ1) is 5.08. The van der Waals surface area contributed by atoms with E-state index in [1.807, 2.05) is 0 Å². The molecule has 0 radical (unpaired) electrons. The fourth-order valence-electron chi connectivity index (χ4n) is 0.350. The van der Waals surface area contributed by atoms with E-state index in [4.69, 9.17) is 5.14 Å². The lowest BCUT2D eigenvalue weighted by atomic mass is 11.4. The molecule has 62 valence electrons. The number of tetrazole rings is 1. The van der Waals surface area contributed by atoms with E-state index in [1.54, 1.807) is 0 Å². The lowest BCUT2D eigenvalue weighted by molar-refractivity contribution is 0.602. The van der Waals surface area contributed by atoms with Gasteiger partial charge >= 0.3 is 0 Å². The van der Waals surface area contributed by atoms with Crippen molar-refractivity contribution in [3.05, 3.63) is 0 Å². The first-order valence-corrected chi connectivity index (χ1v) is 5.15. The molecule has 0 aromatic carbocycles. The number of aromatic amines is 1. The van der Waals surface area contributed by atoms with Crippen LogP contribution in [0.1, 0.15) is 0 Å². The van der Waals surface area contributed by atoms with Crippen molar-refractivity contribution in [3.63, 3.8) is 0 Å². The van der Waals surface area contributed by atoms with Gasteiger partial charge in [-0.3, -0.25) is 0 Å². The van der Waals surface area contributed by atoms with Crippen LogP contribution in [0.5, 0.6) is 0 Å². The fourth-order valence-corrected chi connectivity index (χ4v) is 1.65. The first kappa shape index (κ1) is 8.43. The Morgan fingerprint density at radius 3 is 2.82 bits per heavy atom. The molecule has 1 aromatic rings. The molecule has 0 aliphatic heterocycles. The number of nitrogens with two attached hydrogens (primary N) is 1. The summed E-state index contributed by atoms with van der Waals surface area (Å²) >= 11 is 0.929. The van der Waals surface area contributed by atoms with Gasteiger partial charge in [0.05, 0.1) is 0 Å². The van der Waals surface area contributed by atoms with Gasteiger partial charge in [-0.2, -0.15) is 0 Å². The van der Waals surface area contributed by atoms with Gasteiger partial charge in [-0.05, 0) is 10.4 Å². The number of sulfonamides is 1. The highest BCUT2D eigenvalue weighted by Gasteiger charge is 2.05. The molecule has 1 aromatic heterocycles. The lowest BCUT2D eigenvalue weighted by Crippen LogP contribution is -2.14. The molecule has 0 bridgehead atoms. The number of hydrogen-bond donors (Lipinski definition) is 2. The van der Waals surface area contributed by atoms with Crippen molar-refractivity contribution in [3.8, 4) is 0 Å². The van der Waals surface area contributed by atoms with E-state index in [1.165, 1.54) is 0 Å². The van der Waals surface area contributed by atoms with Gasteiger partial charge in [0.15, 0.2) is 0 Å². The summed E-state index contributed by atoms with van der Waals surface area (Å²) in [7, 11) is -3.45. The normalized spacial score (nSPS) is 11.7. The quantitative estimate of drug-likeness (QED) is 0.569. The predicted molar refractivity (Wildman–Crippen MR) is 38.0 cm³/mol. The molecule has 0 aliphatic rings. The van der Waals surface area contributed by atoms with E-state index in [-0.39, 0.29) is 5.08 Å². The Kier molecular flexibility index (Phi) is 2.42. The Morgan fingerprint density at radius 1 is 1.64 bits per heavy atom. The van der Waals surface area contributed by atoms with Crippen LogP contribution in [-0.4, -0.2) is 34.1 Å². The summed E-state index contributed by atoms with van der Waals surface area (Å²) in [5.41, 5.74) is 0. The molecule has 0 atom stereocenters. The summed E-state index contributed by atoms with van der Waals surface area (Å²) in [5, 5.41) is 17.1. The Hall–Kier alpha value is -0.670. The third-order valence-electron chi connectivity index (χ3n) is 0.686. The number of nitrogens with one attached hydrogen (secondary N) is 1. The lowest BCUT2D eigenvalue weighted by Gasteiger charge is -1.91. The summed E-state index contributed by atoms with van der Waals surface area (Å²) in [6, 6.07) is 0. The molecule has 0 unspecified atom stereocenters. The van der Waals surface area contributed by atoms with Crippen molar-refractivity contribution in [2.75, 3.05) is 5.08 Å². The van der Waals surface area contributed by atoms with Crippen molar-refractivity contribution >= 4 is 21.8 Å². The van der Waals surface area contributed by atoms with Crippen LogP contribution in [0, 0.1) is 0 Å². The molecule has 1 heterocycles. The number of hydrogen-bond acceptors (Lipinski definition) is 6. The summed E-state index contributed by atoms with van der Waals surface area (Å²) < 4.78 is 20.8. The Bertz CT molecular complexity index is 303. The highest BCUT2D eigenvalue weighted by atomic mass is 32.3. The summed E-state index contributed by atoms with van der Waals surface area (Å²) in [6.07, 6.45) is 0. The second kappa shape index (κ2) is 3.15. The minimum atomic E-state index is -3.45. The minimum Gasteiger partial charge on any atom is -0.234 e. The van der Waals surface area contributed by atoms with Crippen LogP contribution in [0.4, 0.5) is 0 Å². The molecule has 7 nitrogen and oxygen atoms in total. The van der Waals surface area contributed by atoms with Crippen molar-refractivity contribution in [1.29, 1.82) is 0 Å². The van der Waals surface area contributed by atoms with Crippen molar-refractivity contribution < 1.29 is 8.42 Å². The number of H-pyrrole nitrogens is 1. The van der Waals surface area contributed by atoms with Gasteiger partial charge in [0.2, 0.25) is 15.2 Å². The topological polar surface area (TPSA) is 115 Å². The standard InChI is InChI=1S/C2H5N5O2S2/c3-11(8,9)1-10-2-4-6-7-5-2/h1H2,(H2,3,8,9)(H,4,5,6,7). The number of rotatable bonds is 3. The van der Waals surface area contributed by atoms with Crippen LogP contribution in [0.15, 0.2) is 5.16 Å². The maximum atomic E-state index is 10.4. The molecule has 9 heteroatoms. The SMILES string of the molecule is NS(=O)(=O)CSc1nnn[nH]1. The molecule has 11 heavy (non-hydrogen) atoms. The van der Waals surface area contributed by atoms with Crippen LogP contribution in [0.25, 0.3) is 0 Å². The van der Waals surface area contributed by atoms with Crippen molar-refractivity contribution in [2.45, 2.75) is 5.16 Å².